The van der Waals surface area contributed by atoms with E-state index in [-0.39, 0.29) is 0 Å². The Kier molecular flexibility index (Phi) is 5.21. The second-order valence-electron chi connectivity index (χ2n) is 8.40. The molecule has 1 N–H and O–H groups in total. The van der Waals surface area contributed by atoms with Crippen molar-refractivity contribution in [3.8, 4) is 11.5 Å². The summed E-state index contributed by atoms with van der Waals surface area (Å²) in [5.41, 5.74) is 1.87. The minimum Gasteiger partial charge on any atom is -0.458 e. The fourth-order valence-electron chi connectivity index (χ4n) is 5.00. The Morgan fingerprint density at radius 1 is 0.559 bits per heavy atom. The van der Waals surface area contributed by atoms with Gasteiger partial charge in [0.2, 0.25) is 0 Å². The Morgan fingerprint density at radius 3 is 1.85 bits per heavy atom. The van der Waals surface area contributed by atoms with Crippen LogP contribution in [-0.2, 0) is 0 Å². The van der Waals surface area contributed by atoms with E-state index in [1.54, 1.807) is 0 Å². The van der Waals surface area contributed by atoms with Crippen molar-refractivity contribution in [2.24, 2.45) is 0 Å². The van der Waals surface area contributed by atoms with E-state index in [1.165, 1.54) is 20.7 Å². The lowest BCUT2D eigenvalue weighted by atomic mass is 10.2. The number of anilines is 2. The van der Waals surface area contributed by atoms with Gasteiger partial charge in [-0.2, -0.15) is 0 Å². The second-order valence-corrected chi connectivity index (χ2v) is 12.5. The van der Waals surface area contributed by atoms with Crippen LogP contribution in [0.25, 0.3) is 0 Å². The van der Waals surface area contributed by atoms with Crippen LogP contribution in [0.15, 0.2) is 127 Å². The van der Waals surface area contributed by atoms with Crippen LogP contribution in [0.4, 0.5) is 11.4 Å². The van der Waals surface area contributed by atoms with E-state index in [0.29, 0.717) is 5.02 Å². The quantitative estimate of drug-likeness (QED) is 0.337. The number of nitrogens with one attached hydrogen (secondary N) is 1. The first-order chi connectivity index (χ1) is 16.8. The van der Waals surface area contributed by atoms with Crippen molar-refractivity contribution in [2.45, 2.75) is 0 Å². The molecule has 1 aliphatic rings. The monoisotopic (exact) mass is 475 g/mol. The van der Waals surface area contributed by atoms with Gasteiger partial charge in [0.15, 0.2) is 8.07 Å². The second kappa shape index (κ2) is 8.53. The highest BCUT2D eigenvalue weighted by molar-refractivity contribution is 7.20. The maximum absolute atomic E-state index is 6.49. The van der Waals surface area contributed by atoms with Crippen molar-refractivity contribution in [2.75, 3.05) is 5.32 Å². The molecule has 0 saturated heterocycles. The van der Waals surface area contributed by atoms with Gasteiger partial charge >= 0.3 is 0 Å². The third-order valence-corrected chi connectivity index (χ3v) is 11.6. The van der Waals surface area contributed by atoms with Crippen molar-refractivity contribution in [3.63, 3.8) is 0 Å². The van der Waals surface area contributed by atoms with Crippen LogP contribution < -0.4 is 30.8 Å². The lowest BCUT2D eigenvalue weighted by Crippen LogP contribution is -2.76. The molecule has 1 aliphatic heterocycles. The number of hydrogen-bond acceptors (Lipinski definition) is 2. The van der Waals surface area contributed by atoms with Crippen LogP contribution in [-0.4, -0.2) is 8.07 Å². The third-order valence-electron chi connectivity index (χ3n) is 6.46. The highest BCUT2D eigenvalue weighted by atomic mass is 35.5. The number of ether oxygens (including phenoxy) is 1. The van der Waals surface area contributed by atoms with Gasteiger partial charge < -0.3 is 10.1 Å². The zero-order valence-electron chi connectivity index (χ0n) is 18.4. The van der Waals surface area contributed by atoms with Gasteiger partial charge in [0.1, 0.15) is 11.5 Å². The maximum atomic E-state index is 6.49. The van der Waals surface area contributed by atoms with Crippen molar-refractivity contribution in [3.05, 3.63) is 132 Å². The molecule has 0 saturated carbocycles. The average Bonchev–Trinajstić information content (AvgIpc) is 2.90. The van der Waals surface area contributed by atoms with Gasteiger partial charge in [0.05, 0.1) is 10.7 Å². The van der Waals surface area contributed by atoms with E-state index in [9.17, 15) is 0 Å². The Labute approximate surface area is 205 Å². The van der Waals surface area contributed by atoms with Crippen LogP contribution in [0.2, 0.25) is 5.02 Å². The summed E-state index contributed by atoms with van der Waals surface area (Å²) in [6.45, 7) is 0. The van der Waals surface area contributed by atoms with Gasteiger partial charge in [-0.3, -0.25) is 0 Å². The van der Waals surface area contributed by atoms with E-state index in [0.717, 1.165) is 22.9 Å². The molecule has 1 heterocycles. The lowest BCUT2D eigenvalue weighted by molar-refractivity contribution is 0.487. The molecule has 0 amide bonds. The molecule has 5 aromatic carbocycles. The number of hydrogen-bond donors (Lipinski definition) is 1. The number of halogens is 1. The van der Waals surface area contributed by atoms with Gasteiger partial charge in [0, 0.05) is 5.69 Å². The van der Waals surface area contributed by atoms with Gasteiger partial charge in [-0.05, 0) is 57.1 Å². The minimum absolute atomic E-state index is 0.691. The Morgan fingerprint density at radius 2 is 1.15 bits per heavy atom. The molecule has 0 aliphatic carbocycles. The van der Waals surface area contributed by atoms with E-state index in [2.05, 4.69) is 102 Å². The highest BCUT2D eigenvalue weighted by Crippen LogP contribution is 2.32. The third kappa shape index (κ3) is 3.33. The molecule has 0 aromatic heterocycles. The SMILES string of the molecule is Clc1ccccc1Nc1ccc2c(c1)[Si](c1ccccc1)(c1ccccc1)c1ccccc1O2. The van der Waals surface area contributed by atoms with Gasteiger partial charge in [-0.25, -0.2) is 0 Å². The average molecular weight is 476 g/mol. The summed E-state index contributed by atoms with van der Waals surface area (Å²) in [5.74, 6) is 1.84. The minimum atomic E-state index is -2.64. The first-order valence-corrected chi connectivity index (χ1v) is 13.7. The summed E-state index contributed by atoms with van der Waals surface area (Å²) < 4.78 is 6.49. The topological polar surface area (TPSA) is 21.3 Å². The first kappa shape index (κ1) is 20.8. The Balaban J connectivity index is 1.65. The van der Waals surface area contributed by atoms with Crippen molar-refractivity contribution in [1.29, 1.82) is 0 Å². The number of para-hydroxylation sites is 2. The summed E-state index contributed by atoms with van der Waals surface area (Å²) in [6.07, 6.45) is 0. The Hall–Kier alpha value is -3.79. The van der Waals surface area contributed by atoms with Crippen LogP contribution in [0.5, 0.6) is 11.5 Å². The predicted octanol–water partition coefficient (Wildman–Crippen LogP) is 5.57. The van der Waals surface area contributed by atoms with E-state index in [1.807, 2.05) is 30.3 Å². The fraction of sp³-hybridized carbons (Fsp3) is 0. The fourth-order valence-corrected chi connectivity index (χ4v) is 10.2. The van der Waals surface area contributed by atoms with E-state index >= 15 is 0 Å². The normalized spacial score (nSPS) is 13.3. The molecule has 0 atom stereocenters. The molecule has 34 heavy (non-hydrogen) atoms. The van der Waals surface area contributed by atoms with Crippen LogP contribution in [0.1, 0.15) is 0 Å². The number of benzene rings is 5. The first-order valence-electron chi connectivity index (χ1n) is 11.3. The lowest BCUT2D eigenvalue weighted by Gasteiger charge is -2.39. The standard InChI is InChI=1S/C30H22ClNOSi/c31-25-15-7-8-16-26(25)32-22-19-20-28-30(21-22)34(23-11-3-1-4-12-23,24-13-5-2-6-14-24)29-18-10-9-17-27(29)33-28/h1-21,32H. The maximum Gasteiger partial charge on any atom is 0.188 e. The summed E-state index contributed by atoms with van der Waals surface area (Å²) >= 11 is 6.45. The van der Waals surface area contributed by atoms with Crippen LogP contribution in [0, 0.1) is 0 Å². The molecule has 0 radical (unpaired) electrons. The van der Waals surface area contributed by atoms with E-state index in [4.69, 9.17) is 16.3 Å². The zero-order chi connectivity index (χ0) is 23.0. The summed E-state index contributed by atoms with van der Waals surface area (Å²) in [4.78, 5) is 0. The smallest absolute Gasteiger partial charge is 0.188 e. The van der Waals surface area contributed by atoms with Crippen molar-refractivity contribution >= 4 is 51.8 Å². The molecule has 0 bridgehead atoms. The molecule has 164 valence electrons. The van der Waals surface area contributed by atoms with Crippen molar-refractivity contribution in [1.82, 2.24) is 0 Å². The van der Waals surface area contributed by atoms with Crippen molar-refractivity contribution < 1.29 is 4.74 Å². The van der Waals surface area contributed by atoms with Gasteiger partial charge in [0.25, 0.3) is 0 Å². The van der Waals surface area contributed by atoms with E-state index < -0.39 is 8.07 Å². The molecule has 6 rings (SSSR count). The van der Waals surface area contributed by atoms with Gasteiger partial charge in [-0.15, -0.1) is 0 Å². The summed E-state index contributed by atoms with van der Waals surface area (Å²) in [7, 11) is -2.64. The Bertz CT molecular complexity index is 1430. The highest BCUT2D eigenvalue weighted by Gasteiger charge is 2.47. The molecule has 2 nitrogen and oxygen atoms in total. The molecule has 4 heteroatoms. The molecular formula is C30H22ClNOSi. The van der Waals surface area contributed by atoms with Crippen LogP contribution in [0.3, 0.4) is 0 Å². The zero-order valence-corrected chi connectivity index (χ0v) is 20.2. The number of fused-ring (bicyclic) bond motifs is 2. The molecule has 0 fully saturated rings. The molecule has 0 spiro atoms. The summed E-state index contributed by atoms with van der Waals surface area (Å²) in [6, 6.07) is 44.4. The molecule has 0 unspecified atom stereocenters. The molecular weight excluding hydrogens is 454 g/mol. The largest absolute Gasteiger partial charge is 0.458 e. The molecule has 5 aromatic rings. The summed E-state index contributed by atoms with van der Waals surface area (Å²) in [5, 5.41) is 9.35. The van der Waals surface area contributed by atoms with Crippen LogP contribution >= 0.6 is 11.6 Å². The van der Waals surface area contributed by atoms with Gasteiger partial charge in [-0.1, -0.05) is 103 Å². The number of rotatable bonds is 4. The predicted molar refractivity (Wildman–Crippen MR) is 145 cm³/mol.